The van der Waals surface area contributed by atoms with Crippen molar-refractivity contribution in [1.29, 1.82) is 0 Å². The molecule has 1 aliphatic rings. The molecule has 0 aliphatic carbocycles. The SMILES string of the molecule is CNC[C@@H]1Oc2ccc(NS(=O)(=O)c3cccs3)cc2C(=O)N([C@@H](C)CO)C[C@H]1C. The minimum Gasteiger partial charge on any atom is -0.488 e. The zero-order valence-corrected chi connectivity index (χ0v) is 18.8. The molecular weight excluding hydrogens is 426 g/mol. The van der Waals surface area contributed by atoms with Crippen molar-refractivity contribution in [2.24, 2.45) is 5.92 Å². The third-order valence-corrected chi connectivity index (χ3v) is 7.86. The summed E-state index contributed by atoms with van der Waals surface area (Å²) >= 11 is 1.11. The molecule has 3 N–H and O–H groups in total. The first-order valence-corrected chi connectivity index (χ1v) is 12.1. The highest BCUT2D eigenvalue weighted by atomic mass is 32.2. The number of hydrogen-bond acceptors (Lipinski definition) is 7. The molecule has 1 aromatic carbocycles. The average molecular weight is 454 g/mol. The maximum Gasteiger partial charge on any atom is 0.271 e. The van der Waals surface area contributed by atoms with E-state index >= 15 is 0 Å². The van der Waals surface area contributed by atoms with Crippen LogP contribution in [0, 0.1) is 5.92 Å². The van der Waals surface area contributed by atoms with Gasteiger partial charge in [-0.15, -0.1) is 11.3 Å². The number of nitrogens with one attached hydrogen (secondary N) is 2. The maximum absolute atomic E-state index is 13.3. The van der Waals surface area contributed by atoms with E-state index in [1.807, 2.05) is 14.0 Å². The lowest BCUT2D eigenvalue weighted by Gasteiger charge is -2.37. The monoisotopic (exact) mass is 453 g/mol. The van der Waals surface area contributed by atoms with Crippen molar-refractivity contribution in [1.82, 2.24) is 10.2 Å². The van der Waals surface area contributed by atoms with E-state index < -0.39 is 10.0 Å². The second-order valence-corrected chi connectivity index (χ2v) is 10.3. The number of sulfonamides is 1. The van der Waals surface area contributed by atoms with Crippen LogP contribution in [0.1, 0.15) is 24.2 Å². The molecule has 0 spiro atoms. The van der Waals surface area contributed by atoms with Crippen LogP contribution in [-0.2, 0) is 10.0 Å². The predicted octanol–water partition coefficient (Wildman–Crippen LogP) is 1.99. The molecule has 1 aliphatic heterocycles. The fourth-order valence-corrected chi connectivity index (χ4v) is 5.39. The van der Waals surface area contributed by atoms with Crippen molar-refractivity contribution in [3.05, 3.63) is 41.3 Å². The van der Waals surface area contributed by atoms with Crippen molar-refractivity contribution in [3.63, 3.8) is 0 Å². The lowest BCUT2D eigenvalue weighted by Crippen LogP contribution is -2.49. The number of aliphatic hydroxyl groups is 1. The quantitative estimate of drug-likeness (QED) is 0.592. The van der Waals surface area contributed by atoms with Gasteiger partial charge in [0.1, 0.15) is 16.1 Å². The molecule has 1 aromatic heterocycles. The summed E-state index contributed by atoms with van der Waals surface area (Å²) in [5, 5.41) is 14.4. The summed E-state index contributed by atoms with van der Waals surface area (Å²) in [7, 11) is -1.91. The molecule has 30 heavy (non-hydrogen) atoms. The lowest BCUT2D eigenvalue weighted by atomic mass is 9.99. The topological polar surface area (TPSA) is 108 Å². The van der Waals surface area contributed by atoms with Crippen LogP contribution in [0.4, 0.5) is 5.69 Å². The van der Waals surface area contributed by atoms with Gasteiger partial charge in [-0.3, -0.25) is 9.52 Å². The summed E-state index contributed by atoms with van der Waals surface area (Å²) in [5.41, 5.74) is 0.532. The number of benzene rings is 1. The molecule has 0 unspecified atom stereocenters. The van der Waals surface area contributed by atoms with Crippen LogP contribution in [0.2, 0.25) is 0 Å². The van der Waals surface area contributed by atoms with Gasteiger partial charge in [-0.1, -0.05) is 13.0 Å². The third kappa shape index (κ3) is 4.77. The van der Waals surface area contributed by atoms with Gasteiger partial charge < -0.3 is 20.1 Å². The number of likely N-dealkylation sites (N-methyl/N-ethyl adjacent to an activating group) is 1. The van der Waals surface area contributed by atoms with E-state index in [2.05, 4.69) is 10.0 Å². The Hall–Kier alpha value is -2.14. The van der Waals surface area contributed by atoms with Crippen LogP contribution in [0.15, 0.2) is 39.9 Å². The number of fused-ring (bicyclic) bond motifs is 1. The Bertz CT molecular complexity index is 978. The van der Waals surface area contributed by atoms with E-state index in [1.165, 1.54) is 12.1 Å². The van der Waals surface area contributed by atoms with Crippen LogP contribution < -0.4 is 14.8 Å². The second kappa shape index (κ2) is 9.34. The summed E-state index contributed by atoms with van der Waals surface area (Å²) in [6, 6.07) is 7.48. The van der Waals surface area contributed by atoms with Crippen molar-refractivity contribution < 1.29 is 23.1 Å². The molecular formula is C20H27N3O5S2. The molecule has 0 bridgehead atoms. The Kier molecular flexibility index (Phi) is 7.02. The molecule has 3 rings (SSSR count). The second-order valence-electron chi connectivity index (χ2n) is 7.43. The van der Waals surface area contributed by atoms with E-state index in [4.69, 9.17) is 4.74 Å². The van der Waals surface area contributed by atoms with Crippen molar-refractivity contribution in [3.8, 4) is 5.75 Å². The number of nitrogens with zero attached hydrogens (tertiary/aromatic N) is 1. The summed E-state index contributed by atoms with van der Waals surface area (Å²) in [5.74, 6) is 0.111. The zero-order valence-electron chi connectivity index (χ0n) is 17.2. The van der Waals surface area contributed by atoms with Gasteiger partial charge in [0.25, 0.3) is 15.9 Å². The van der Waals surface area contributed by atoms with Crippen molar-refractivity contribution in [2.75, 3.05) is 31.5 Å². The van der Waals surface area contributed by atoms with Crippen molar-refractivity contribution in [2.45, 2.75) is 30.2 Å². The minimum absolute atomic E-state index is 0.0283. The summed E-state index contributed by atoms with van der Waals surface area (Å²) in [4.78, 5) is 14.9. The fourth-order valence-electron chi connectivity index (χ4n) is 3.35. The van der Waals surface area contributed by atoms with E-state index in [1.54, 1.807) is 35.4 Å². The molecule has 2 aromatic rings. The van der Waals surface area contributed by atoms with Crippen LogP contribution >= 0.6 is 11.3 Å². The largest absolute Gasteiger partial charge is 0.488 e. The highest BCUT2D eigenvalue weighted by Crippen LogP contribution is 2.31. The molecule has 0 fully saturated rings. The Morgan fingerprint density at radius 1 is 1.37 bits per heavy atom. The van der Waals surface area contributed by atoms with Gasteiger partial charge in [0.2, 0.25) is 0 Å². The standard InChI is InChI=1S/C20H27N3O5S2/c1-13-11-23(14(2)12-24)20(25)16-9-15(6-7-17(16)28-18(13)10-21-3)22-30(26,27)19-5-4-8-29-19/h4-9,13-14,18,21-22,24H,10-12H2,1-3H3/t13-,14+,18+/m1/s1. The van der Waals surface area contributed by atoms with Gasteiger partial charge >= 0.3 is 0 Å². The molecule has 0 radical (unpaired) electrons. The Morgan fingerprint density at radius 2 is 2.13 bits per heavy atom. The minimum atomic E-state index is -3.74. The highest BCUT2D eigenvalue weighted by molar-refractivity contribution is 7.94. The highest BCUT2D eigenvalue weighted by Gasteiger charge is 2.33. The van der Waals surface area contributed by atoms with Crippen LogP contribution in [-0.4, -0.2) is 63.2 Å². The maximum atomic E-state index is 13.3. The van der Waals surface area contributed by atoms with E-state index in [0.717, 1.165) is 11.3 Å². The number of carbonyl (C=O) groups excluding carboxylic acids is 1. The number of ether oxygens (including phenoxy) is 1. The van der Waals surface area contributed by atoms with Crippen LogP contribution in [0.3, 0.4) is 0 Å². The van der Waals surface area contributed by atoms with Gasteiger partial charge in [-0.05, 0) is 43.6 Å². The van der Waals surface area contributed by atoms with Crippen LogP contribution in [0.25, 0.3) is 0 Å². The number of amides is 1. The Balaban J connectivity index is 2.00. The first-order chi connectivity index (χ1) is 14.3. The first-order valence-electron chi connectivity index (χ1n) is 9.70. The van der Waals surface area contributed by atoms with Crippen molar-refractivity contribution >= 4 is 33.0 Å². The molecule has 0 saturated carbocycles. The van der Waals surface area contributed by atoms with Gasteiger partial charge in [0.15, 0.2) is 0 Å². The number of anilines is 1. The molecule has 1 amide bonds. The average Bonchev–Trinajstić information content (AvgIpc) is 3.26. The molecule has 2 heterocycles. The van der Waals surface area contributed by atoms with Gasteiger partial charge in [0.05, 0.1) is 18.2 Å². The predicted molar refractivity (Wildman–Crippen MR) is 117 cm³/mol. The van der Waals surface area contributed by atoms with E-state index in [0.29, 0.717) is 18.8 Å². The molecule has 0 saturated heterocycles. The normalized spacial score (nSPS) is 20.7. The first kappa shape index (κ1) is 22.5. The molecule has 164 valence electrons. The van der Waals surface area contributed by atoms with Gasteiger partial charge in [-0.2, -0.15) is 0 Å². The lowest BCUT2D eigenvalue weighted by molar-refractivity contribution is 0.0416. The summed E-state index contributed by atoms with van der Waals surface area (Å²) in [6.45, 7) is 4.61. The smallest absolute Gasteiger partial charge is 0.271 e. The van der Waals surface area contributed by atoms with E-state index in [-0.39, 0.29) is 46.0 Å². The third-order valence-electron chi connectivity index (χ3n) is 5.08. The molecule has 10 heteroatoms. The number of thiophene rings is 1. The molecule has 3 atom stereocenters. The van der Waals surface area contributed by atoms with E-state index in [9.17, 15) is 18.3 Å². The van der Waals surface area contributed by atoms with Gasteiger partial charge in [-0.25, -0.2) is 8.42 Å². The van der Waals surface area contributed by atoms with Crippen LogP contribution in [0.5, 0.6) is 5.75 Å². The summed E-state index contributed by atoms with van der Waals surface area (Å²) < 4.78 is 34.0. The Morgan fingerprint density at radius 3 is 2.77 bits per heavy atom. The summed E-state index contributed by atoms with van der Waals surface area (Å²) in [6.07, 6.45) is -0.191. The zero-order chi connectivity index (χ0) is 21.9. The number of rotatable bonds is 7. The number of hydrogen-bond donors (Lipinski definition) is 3. The fraction of sp³-hybridized carbons (Fsp3) is 0.450. The number of carbonyl (C=O) groups is 1. The van der Waals surface area contributed by atoms with Gasteiger partial charge in [0, 0.05) is 24.7 Å². The molecule has 8 nitrogen and oxygen atoms in total. The Labute approximate surface area is 180 Å². The number of aliphatic hydroxyl groups excluding tert-OH is 1.